The van der Waals surface area contributed by atoms with Gasteiger partial charge in [-0.1, -0.05) is 17.7 Å². The Hall–Kier alpha value is -1.75. The van der Waals surface area contributed by atoms with Crippen molar-refractivity contribution in [3.63, 3.8) is 0 Å². The van der Waals surface area contributed by atoms with Crippen LogP contribution >= 0.6 is 15.9 Å². The number of rotatable bonds is 4. The van der Waals surface area contributed by atoms with Crippen LogP contribution in [-0.2, 0) is 6.54 Å². The molecule has 1 heterocycles. The molecule has 0 aliphatic carbocycles. The first-order chi connectivity index (χ1) is 9.52. The number of hydrogen-bond donors (Lipinski definition) is 0. The summed E-state index contributed by atoms with van der Waals surface area (Å²) in [4.78, 5) is 13.9. The number of methoxy groups -OCH3 is 1. The summed E-state index contributed by atoms with van der Waals surface area (Å²) < 4.78 is 10.9. The lowest BCUT2D eigenvalue weighted by atomic mass is 10.1. The van der Waals surface area contributed by atoms with Gasteiger partial charge in [0.05, 0.1) is 18.9 Å². The zero-order valence-electron chi connectivity index (χ0n) is 11.6. The number of carbonyl (C=O) groups is 1. The van der Waals surface area contributed by atoms with Gasteiger partial charge in [-0.25, -0.2) is 0 Å². The van der Waals surface area contributed by atoms with Gasteiger partial charge in [0.15, 0.2) is 4.67 Å². The number of halogens is 1. The molecule has 0 radical (unpaired) electrons. The van der Waals surface area contributed by atoms with Crippen molar-refractivity contribution in [3.05, 3.63) is 51.9 Å². The molecular formula is C15H16BrNO3. The third kappa shape index (κ3) is 3.04. The number of benzene rings is 1. The maximum Gasteiger partial charge on any atom is 0.258 e. The van der Waals surface area contributed by atoms with Crippen LogP contribution in [0.5, 0.6) is 5.75 Å². The van der Waals surface area contributed by atoms with E-state index in [1.807, 2.05) is 25.1 Å². The van der Waals surface area contributed by atoms with Crippen LogP contribution in [0.4, 0.5) is 0 Å². The Morgan fingerprint density at radius 3 is 2.75 bits per heavy atom. The first-order valence-electron chi connectivity index (χ1n) is 6.15. The third-order valence-electron chi connectivity index (χ3n) is 3.04. The average Bonchev–Trinajstić information content (AvgIpc) is 2.84. The third-order valence-corrected chi connectivity index (χ3v) is 3.65. The minimum absolute atomic E-state index is 0.103. The van der Waals surface area contributed by atoms with E-state index in [1.165, 1.54) is 6.26 Å². The number of carbonyl (C=O) groups excluding carboxylic acids is 1. The highest BCUT2D eigenvalue weighted by molar-refractivity contribution is 9.10. The predicted molar refractivity (Wildman–Crippen MR) is 79.9 cm³/mol. The van der Waals surface area contributed by atoms with Crippen LogP contribution in [0.25, 0.3) is 0 Å². The number of nitrogens with zero attached hydrogens (tertiary/aromatic N) is 1. The van der Waals surface area contributed by atoms with E-state index < -0.39 is 0 Å². The van der Waals surface area contributed by atoms with Gasteiger partial charge in [0.2, 0.25) is 0 Å². The summed E-state index contributed by atoms with van der Waals surface area (Å²) in [5.41, 5.74) is 2.62. The molecule has 0 saturated carbocycles. The van der Waals surface area contributed by atoms with Gasteiger partial charge in [0.1, 0.15) is 5.75 Å². The predicted octanol–water partition coefficient (Wildman–Crippen LogP) is 3.63. The van der Waals surface area contributed by atoms with E-state index in [0.29, 0.717) is 16.8 Å². The van der Waals surface area contributed by atoms with Crippen molar-refractivity contribution < 1.29 is 13.9 Å². The molecule has 0 unspecified atom stereocenters. The molecule has 106 valence electrons. The SMILES string of the molecule is COc1ccc(C)cc1CN(C)C(=O)c1ccoc1Br. The van der Waals surface area contributed by atoms with Crippen LogP contribution in [0.15, 0.2) is 39.6 Å². The summed E-state index contributed by atoms with van der Waals surface area (Å²) in [6.45, 7) is 2.48. The Kier molecular flexibility index (Phi) is 4.49. The lowest BCUT2D eigenvalue weighted by Crippen LogP contribution is -2.26. The molecule has 0 saturated heterocycles. The smallest absolute Gasteiger partial charge is 0.258 e. The summed E-state index contributed by atoms with van der Waals surface area (Å²) in [6, 6.07) is 7.57. The number of hydrogen-bond acceptors (Lipinski definition) is 3. The van der Waals surface area contributed by atoms with Gasteiger partial charge in [-0.3, -0.25) is 4.79 Å². The van der Waals surface area contributed by atoms with Gasteiger partial charge in [0.25, 0.3) is 5.91 Å². The Bertz CT molecular complexity index is 621. The summed E-state index contributed by atoms with van der Waals surface area (Å²) in [6.07, 6.45) is 1.48. The van der Waals surface area contributed by atoms with Gasteiger partial charge in [-0.15, -0.1) is 0 Å². The van der Waals surface area contributed by atoms with Crippen LogP contribution in [-0.4, -0.2) is 25.0 Å². The minimum Gasteiger partial charge on any atom is -0.496 e. The Morgan fingerprint density at radius 1 is 1.40 bits per heavy atom. The molecule has 4 nitrogen and oxygen atoms in total. The van der Waals surface area contributed by atoms with Crippen molar-refractivity contribution in [2.75, 3.05) is 14.2 Å². The van der Waals surface area contributed by atoms with Crippen LogP contribution in [0.3, 0.4) is 0 Å². The fraction of sp³-hybridized carbons (Fsp3) is 0.267. The zero-order chi connectivity index (χ0) is 14.7. The summed E-state index contributed by atoms with van der Waals surface area (Å²) in [7, 11) is 3.38. The van der Waals surface area contributed by atoms with E-state index in [2.05, 4.69) is 15.9 Å². The van der Waals surface area contributed by atoms with Gasteiger partial charge in [-0.05, 0) is 35.0 Å². The molecule has 0 atom stereocenters. The normalized spacial score (nSPS) is 10.4. The maximum atomic E-state index is 12.3. The zero-order valence-corrected chi connectivity index (χ0v) is 13.2. The molecule has 0 spiro atoms. The largest absolute Gasteiger partial charge is 0.496 e. The molecule has 2 rings (SSSR count). The molecule has 1 aromatic carbocycles. The van der Waals surface area contributed by atoms with Crippen LogP contribution in [0.2, 0.25) is 0 Å². The van der Waals surface area contributed by atoms with Crippen molar-refractivity contribution in [1.29, 1.82) is 0 Å². The molecule has 2 aromatic rings. The van der Waals surface area contributed by atoms with Crippen LogP contribution < -0.4 is 4.74 Å². The number of ether oxygens (including phenoxy) is 1. The summed E-state index contributed by atoms with van der Waals surface area (Å²) >= 11 is 3.22. The van der Waals surface area contributed by atoms with Crippen molar-refractivity contribution >= 4 is 21.8 Å². The monoisotopic (exact) mass is 337 g/mol. The van der Waals surface area contributed by atoms with Crippen molar-refractivity contribution in [3.8, 4) is 5.75 Å². The van der Waals surface area contributed by atoms with Gasteiger partial charge < -0.3 is 14.1 Å². The van der Waals surface area contributed by atoms with E-state index in [0.717, 1.165) is 16.9 Å². The fourth-order valence-electron chi connectivity index (χ4n) is 2.01. The topological polar surface area (TPSA) is 42.7 Å². The van der Waals surface area contributed by atoms with E-state index >= 15 is 0 Å². The number of furan rings is 1. The van der Waals surface area contributed by atoms with E-state index in [1.54, 1.807) is 25.1 Å². The van der Waals surface area contributed by atoms with Crippen LogP contribution in [0, 0.1) is 6.92 Å². The van der Waals surface area contributed by atoms with Gasteiger partial charge in [-0.2, -0.15) is 0 Å². The fourth-order valence-corrected chi connectivity index (χ4v) is 2.42. The standard InChI is InChI=1S/C15H16BrNO3/c1-10-4-5-13(19-3)11(8-10)9-17(2)15(18)12-6-7-20-14(12)16/h4-8H,9H2,1-3H3. The highest BCUT2D eigenvalue weighted by Gasteiger charge is 2.18. The van der Waals surface area contributed by atoms with Crippen molar-refractivity contribution in [1.82, 2.24) is 4.90 Å². The number of amides is 1. The van der Waals surface area contributed by atoms with Crippen molar-refractivity contribution in [2.45, 2.75) is 13.5 Å². The minimum atomic E-state index is -0.103. The highest BCUT2D eigenvalue weighted by atomic mass is 79.9. The molecule has 0 fully saturated rings. The Labute approximate surface area is 126 Å². The summed E-state index contributed by atoms with van der Waals surface area (Å²) in [5.74, 6) is 0.677. The van der Waals surface area contributed by atoms with E-state index in [4.69, 9.17) is 9.15 Å². The summed E-state index contributed by atoms with van der Waals surface area (Å²) in [5, 5.41) is 0. The highest BCUT2D eigenvalue weighted by Crippen LogP contribution is 2.23. The second-order valence-corrected chi connectivity index (χ2v) is 5.30. The van der Waals surface area contributed by atoms with Crippen LogP contribution in [0.1, 0.15) is 21.5 Å². The van der Waals surface area contributed by atoms with E-state index in [9.17, 15) is 4.79 Å². The number of aryl methyl sites for hydroxylation is 1. The van der Waals surface area contributed by atoms with E-state index in [-0.39, 0.29) is 5.91 Å². The lowest BCUT2D eigenvalue weighted by molar-refractivity contribution is 0.0782. The molecule has 0 aliphatic heterocycles. The van der Waals surface area contributed by atoms with Gasteiger partial charge in [0, 0.05) is 19.2 Å². The molecule has 20 heavy (non-hydrogen) atoms. The van der Waals surface area contributed by atoms with Gasteiger partial charge >= 0.3 is 0 Å². The molecule has 5 heteroatoms. The molecule has 0 aliphatic rings. The first-order valence-corrected chi connectivity index (χ1v) is 6.94. The quantitative estimate of drug-likeness (QED) is 0.855. The Balaban J connectivity index is 2.20. The molecular weight excluding hydrogens is 322 g/mol. The maximum absolute atomic E-state index is 12.3. The Morgan fingerprint density at radius 2 is 2.15 bits per heavy atom. The molecule has 1 aromatic heterocycles. The molecule has 0 bridgehead atoms. The second-order valence-electron chi connectivity index (χ2n) is 4.58. The molecule has 0 N–H and O–H groups in total. The average molecular weight is 338 g/mol. The second kappa shape index (κ2) is 6.13. The molecule has 1 amide bonds. The van der Waals surface area contributed by atoms with Crippen molar-refractivity contribution in [2.24, 2.45) is 0 Å². The first kappa shape index (κ1) is 14.7. The lowest BCUT2D eigenvalue weighted by Gasteiger charge is -2.18.